The monoisotopic (exact) mass is 583 g/mol. The van der Waals surface area contributed by atoms with Crippen LogP contribution in [0.5, 0.6) is 0 Å². The molecule has 0 aliphatic carbocycles. The normalized spacial score (nSPS) is 28.0. The summed E-state index contributed by atoms with van der Waals surface area (Å²) in [4.78, 5) is 47.8. The molecule has 0 saturated carbocycles. The number of hydrogen-bond donors (Lipinski definition) is 1. The molecular formula is C32H45N3O5S. The third-order valence-electron chi connectivity index (χ3n) is 8.97. The molecule has 3 aliphatic rings. The maximum atomic E-state index is 14.6. The van der Waals surface area contributed by atoms with Crippen molar-refractivity contribution in [2.75, 3.05) is 49.2 Å². The molecule has 3 fully saturated rings. The zero-order valence-electron chi connectivity index (χ0n) is 24.7. The first kappa shape index (κ1) is 31.2. The Kier molecular flexibility index (Phi) is 10.2. The van der Waals surface area contributed by atoms with Crippen LogP contribution in [0.15, 0.2) is 49.6 Å². The smallest absolute Gasteiger partial charge is 0.310 e. The van der Waals surface area contributed by atoms with E-state index in [1.54, 1.807) is 33.7 Å². The van der Waals surface area contributed by atoms with Crippen LogP contribution in [0.2, 0.25) is 0 Å². The fourth-order valence-electron chi connectivity index (χ4n) is 7.08. The molecule has 1 N–H and O–H groups in total. The van der Waals surface area contributed by atoms with Crippen molar-refractivity contribution >= 4 is 40.9 Å². The second kappa shape index (κ2) is 13.5. The Morgan fingerprint density at radius 3 is 2.44 bits per heavy atom. The highest BCUT2D eigenvalue weighted by Gasteiger charge is 2.76. The van der Waals surface area contributed by atoms with E-state index in [2.05, 4.69) is 38.8 Å². The van der Waals surface area contributed by atoms with E-state index in [1.165, 1.54) is 0 Å². The highest BCUT2D eigenvalue weighted by Crippen LogP contribution is 2.68. The van der Waals surface area contributed by atoms with Gasteiger partial charge in [0.2, 0.25) is 5.91 Å². The molecule has 4 rings (SSSR count). The van der Waals surface area contributed by atoms with Gasteiger partial charge in [0.15, 0.2) is 0 Å². The number of unbranched alkanes of at least 4 members (excludes halogenated alkanes) is 1. The molecule has 3 heterocycles. The van der Waals surface area contributed by atoms with E-state index in [9.17, 15) is 19.5 Å². The summed E-state index contributed by atoms with van der Waals surface area (Å²) >= 11 is 1.64. The lowest BCUT2D eigenvalue weighted by atomic mass is 9.66. The van der Waals surface area contributed by atoms with Crippen molar-refractivity contribution in [3.63, 3.8) is 0 Å². The molecule has 3 aliphatic heterocycles. The first-order valence-corrected chi connectivity index (χ1v) is 15.8. The van der Waals surface area contributed by atoms with Gasteiger partial charge in [-0.3, -0.25) is 14.4 Å². The lowest BCUT2D eigenvalue weighted by molar-refractivity contribution is -0.154. The van der Waals surface area contributed by atoms with Gasteiger partial charge in [0.05, 0.1) is 23.2 Å². The summed E-state index contributed by atoms with van der Waals surface area (Å²) in [6.07, 6.45) is 6.04. The minimum Gasteiger partial charge on any atom is -0.465 e. The number of benzene rings is 1. The van der Waals surface area contributed by atoms with Crippen molar-refractivity contribution in [2.45, 2.75) is 62.5 Å². The van der Waals surface area contributed by atoms with Crippen molar-refractivity contribution in [1.29, 1.82) is 0 Å². The summed E-state index contributed by atoms with van der Waals surface area (Å²) < 4.78 is 4.93. The Balaban J connectivity index is 1.70. The molecular weight excluding hydrogens is 538 g/mol. The van der Waals surface area contributed by atoms with Crippen LogP contribution < -0.4 is 9.80 Å². The number of aliphatic hydroxyl groups is 1. The molecule has 9 heteroatoms. The van der Waals surface area contributed by atoms with E-state index in [-0.39, 0.29) is 48.7 Å². The zero-order valence-corrected chi connectivity index (χ0v) is 25.5. The van der Waals surface area contributed by atoms with Gasteiger partial charge in [0.25, 0.3) is 5.91 Å². The summed E-state index contributed by atoms with van der Waals surface area (Å²) in [6.45, 7) is 16.5. The number of thioether (sulfide) groups is 1. The highest BCUT2D eigenvalue weighted by atomic mass is 32.2. The fraction of sp³-hybridized carbons (Fsp3) is 0.594. The summed E-state index contributed by atoms with van der Waals surface area (Å²) in [6, 6.07) is 7.19. The molecule has 8 nitrogen and oxygen atoms in total. The van der Waals surface area contributed by atoms with Gasteiger partial charge in [-0.25, -0.2) is 0 Å². The Bertz CT molecular complexity index is 1120. The van der Waals surface area contributed by atoms with Crippen LogP contribution in [0.25, 0.3) is 0 Å². The predicted octanol–water partition coefficient (Wildman–Crippen LogP) is 4.28. The molecule has 1 aromatic rings. The Labute approximate surface area is 248 Å². The summed E-state index contributed by atoms with van der Waals surface area (Å²) in [7, 11) is 0. The van der Waals surface area contributed by atoms with Gasteiger partial charge >= 0.3 is 5.97 Å². The van der Waals surface area contributed by atoms with Crippen LogP contribution in [0, 0.1) is 17.8 Å². The van der Waals surface area contributed by atoms with Crippen molar-refractivity contribution < 1.29 is 24.2 Å². The number of fused-ring (bicyclic) bond motifs is 1. The van der Waals surface area contributed by atoms with Crippen LogP contribution in [0.4, 0.5) is 11.4 Å². The van der Waals surface area contributed by atoms with Crippen LogP contribution in [0.1, 0.15) is 46.5 Å². The molecule has 0 aromatic heterocycles. The fourth-order valence-corrected chi connectivity index (χ4v) is 9.48. The number of carbonyl (C=O) groups is 3. The maximum absolute atomic E-state index is 14.6. The van der Waals surface area contributed by atoms with Crippen LogP contribution in [0.3, 0.4) is 0 Å². The standard InChI is InChI=1S/C32H45N3O5S/c1-6-10-11-20-40-31(39)26-25-21-22(5)32(41-25)27(26)29(37)35(18-12-19-36)28(32)30(38)34(17-7-2)24-15-13-23(14-16-24)33(8-3)9-4/h6-7,13-16,22,25-28,36H,1-2,8-12,17-21H2,3-5H3/t22?,25-,26+,27+,28?,32?/m1/s1. The maximum Gasteiger partial charge on any atom is 0.310 e. The number of likely N-dealkylation sites (tertiary alicyclic amines) is 1. The summed E-state index contributed by atoms with van der Waals surface area (Å²) in [5.41, 5.74) is 1.82. The molecule has 3 saturated heterocycles. The number of aliphatic hydroxyl groups excluding tert-OH is 1. The Morgan fingerprint density at radius 1 is 1.15 bits per heavy atom. The number of amides is 2. The zero-order chi connectivity index (χ0) is 29.7. The third kappa shape index (κ3) is 5.55. The number of anilines is 2. The molecule has 0 radical (unpaired) electrons. The SMILES string of the molecule is C=CCCCOC(=O)[C@@H]1[C@H]2C(=O)N(CCCO)C(C(=O)N(CC=C)c3ccc(N(CC)CC)cc3)C23S[C@@H]1CC3C. The van der Waals surface area contributed by atoms with Crippen LogP contribution in [-0.4, -0.2) is 83.2 Å². The molecule has 3 unspecified atom stereocenters. The van der Waals surface area contributed by atoms with Crippen LogP contribution in [-0.2, 0) is 19.1 Å². The number of allylic oxidation sites excluding steroid dienone is 1. The van der Waals surface area contributed by atoms with Gasteiger partial charge in [-0.2, -0.15) is 0 Å². The Morgan fingerprint density at radius 2 is 1.83 bits per heavy atom. The second-order valence-electron chi connectivity index (χ2n) is 11.2. The van der Waals surface area contributed by atoms with Gasteiger partial charge in [0.1, 0.15) is 6.04 Å². The first-order valence-electron chi connectivity index (χ1n) is 14.9. The van der Waals surface area contributed by atoms with Crippen molar-refractivity contribution in [3.05, 3.63) is 49.6 Å². The lowest BCUT2D eigenvalue weighted by Crippen LogP contribution is -2.57. The molecule has 1 spiro atoms. The first-order chi connectivity index (χ1) is 19.8. The predicted molar refractivity (Wildman–Crippen MR) is 165 cm³/mol. The van der Waals surface area contributed by atoms with Gasteiger partial charge in [-0.1, -0.05) is 19.1 Å². The number of hydrogen-bond acceptors (Lipinski definition) is 7. The highest BCUT2D eigenvalue weighted by molar-refractivity contribution is 8.02. The average molecular weight is 584 g/mol. The molecule has 224 valence electrons. The average Bonchev–Trinajstić information content (AvgIpc) is 3.57. The largest absolute Gasteiger partial charge is 0.465 e. The van der Waals surface area contributed by atoms with E-state index in [1.807, 2.05) is 24.3 Å². The van der Waals surface area contributed by atoms with Crippen LogP contribution >= 0.6 is 11.8 Å². The van der Waals surface area contributed by atoms with Crippen molar-refractivity contribution in [2.24, 2.45) is 17.8 Å². The lowest BCUT2D eigenvalue weighted by Gasteiger charge is -2.40. The van der Waals surface area contributed by atoms with Gasteiger partial charge < -0.3 is 24.5 Å². The third-order valence-corrected chi connectivity index (χ3v) is 11.0. The van der Waals surface area contributed by atoms with E-state index < -0.39 is 22.6 Å². The summed E-state index contributed by atoms with van der Waals surface area (Å²) in [5, 5.41) is 9.58. The Hall–Kier alpha value is -2.78. The van der Waals surface area contributed by atoms with Gasteiger partial charge in [0, 0.05) is 49.4 Å². The topological polar surface area (TPSA) is 90.4 Å². The molecule has 41 heavy (non-hydrogen) atoms. The second-order valence-corrected chi connectivity index (χ2v) is 12.7. The number of esters is 1. The number of carbonyl (C=O) groups excluding carboxylic acids is 3. The number of ether oxygens (including phenoxy) is 1. The minimum absolute atomic E-state index is 0.0555. The number of nitrogens with zero attached hydrogens (tertiary/aromatic N) is 3. The molecule has 6 atom stereocenters. The van der Waals surface area contributed by atoms with E-state index in [4.69, 9.17) is 4.74 Å². The summed E-state index contributed by atoms with van der Waals surface area (Å²) in [5.74, 6) is -1.85. The molecule has 2 bridgehead atoms. The van der Waals surface area contributed by atoms with E-state index >= 15 is 0 Å². The van der Waals surface area contributed by atoms with Crippen molar-refractivity contribution in [1.82, 2.24) is 4.90 Å². The number of rotatable bonds is 15. The molecule has 1 aromatic carbocycles. The van der Waals surface area contributed by atoms with Crippen molar-refractivity contribution in [3.8, 4) is 0 Å². The quantitative estimate of drug-likeness (QED) is 0.187. The van der Waals surface area contributed by atoms with E-state index in [0.29, 0.717) is 19.4 Å². The van der Waals surface area contributed by atoms with Gasteiger partial charge in [-0.15, -0.1) is 24.9 Å². The molecule has 2 amide bonds. The van der Waals surface area contributed by atoms with Gasteiger partial charge in [-0.05, 0) is 69.7 Å². The van der Waals surface area contributed by atoms with E-state index in [0.717, 1.165) is 37.3 Å². The minimum atomic E-state index is -0.752.